The fourth-order valence-electron chi connectivity index (χ4n) is 3.16. The summed E-state index contributed by atoms with van der Waals surface area (Å²) in [4.78, 5) is 3.37. The maximum Gasteiger partial charge on any atom is 0.148 e. The third-order valence-electron chi connectivity index (χ3n) is 4.36. The normalized spacial score (nSPS) is 30.6. The quantitative estimate of drug-likeness (QED) is 0.842. The smallest absolute Gasteiger partial charge is 0.148 e. The zero-order valence-corrected chi connectivity index (χ0v) is 12.3. The van der Waals surface area contributed by atoms with Gasteiger partial charge in [0.25, 0.3) is 0 Å². The number of alkyl halides is 1. The van der Waals surface area contributed by atoms with Gasteiger partial charge in [-0.3, -0.25) is 0 Å². The number of methoxy groups -OCH3 is 1. The van der Waals surface area contributed by atoms with Gasteiger partial charge in [0.2, 0.25) is 0 Å². The maximum atomic E-state index is 15.3. The summed E-state index contributed by atoms with van der Waals surface area (Å²) in [7, 11) is 3.74. The lowest BCUT2D eigenvalue weighted by atomic mass is 9.90. The lowest BCUT2D eigenvalue weighted by Gasteiger charge is -2.28. The second-order valence-electron chi connectivity index (χ2n) is 5.60. The Morgan fingerprint density at radius 3 is 3.05 bits per heavy atom. The second kappa shape index (κ2) is 4.98. The standard InChI is InChI=1S/C15H20FNOS/c1-17-7-3-4-11(17)9-15(16)10-19-14-6-5-12(18-2)8-13(14)15/h5-6,8,11H,3-4,7,9-10H2,1-2H3/t11-,15-/m0/s1. The van der Waals surface area contributed by atoms with Crippen molar-refractivity contribution >= 4 is 11.8 Å². The Balaban J connectivity index is 1.86. The molecule has 4 heteroatoms. The number of rotatable bonds is 3. The molecule has 19 heavy (non-hydrogen) atoms. The van der Waals surface area contributed by atoms with Crippen molar-refractivity contribution in [2.75, 3.05) is 26.5 Å². The van der Waals surface area contributed by atoms with Crippen molar-refractivity contribution in [3.63, 3.8) is 0 Å². The third kappa shape index (κ3) is 2.36. The van der Waals surface area contributed by atoms with Crippen molar-refractivity contribution in [2.45, 2.75) is 35.9 Å². The van der Waals surface area contributed by atoms with Crippen molar-refractivity contribution < 1.29 is 9.13 Å². The average Bonchev–Trinajstić information content (AvgIpc) is 2.95. The number of fused-ring (bicyclic) bond motifs is 1. The van der Waals surface area contributed by atoms with E-state index in [0.29, 0.717) is 18.2 Å². The molecule has 2 nitrogen and oxygen atoms in total. The van der Waals surface area contributed by atoms with Gasteiger partial charge >= 0.3 is 0 Å². The van der Waals surface area contributed by atoms with Gasteiger partial charge in [0, 0.05) is 28.7 Å². The summed E-state index contributed by atoms with van der Waals surface area (Å²) in [5.41, 5.74) is -0.366. The summed E-state index contributed by atoms with van der Waals surface area (Å²) >= 11 is 1.63. The fourth-order valence-corrected chi connectivity index (χ4v) is 4.38. The van der Waals surface area contributed by atoms with Crippen LogP contribution in [0.5, 0.6) is 5.75 Å². The van der Waals surface area contributed by atoms with E-state index >= 15 is 4.39 Å². The van der Waals surface area contributed by atoms with Crippen molar-refractivity contribution in [1.29, 1.82) is 0 Å². The molecule has 2 aliphatic heterocycles. The first-order chi connectivity index (χ1) is 9.12. The van der Waals surface area contributed by atoms with Crippen LogP contribution >= 0.6 is 11.8 Å². The van der Waals surface area contributed by atoms with Crippen molar-refractivity contribution in [3.8, 4) is 5.75 Å². The van der Waals surface area contributed by atoms with Gasteiger partial charge in [-0.1, -0.05) is 0 Å². The molecule has 1 aromatic rings. The molecular formula is C15H20FNOS. The number of hydrogen-bond acceptors (Lipinski definition) is 3. The molecule has 2 heterocycles. The zero-order chi connectivity index (χ0) is 13.5. The summed E-state index contributed by atoms with van der Waals surface area (Å²) < 4.78 is 20.6. The summed E-state index contributed by atoms with van der Waals surface area (Å²) in [6.07, 6.45) is 2.91. The van der Waals surface area contributed by atoms with Crippen LogP contribution in [-0.4, -0.2) is 37.4 Å². The van der Waals surface area contributed by atoms with E-state index in [1.54, 1.807) is 18.9 Å². The van der Waals surface area contributed by atoms with Gasteiger partial charge < -0.3 is 9.64 Å². The first-order valence-electron chi connectivity index (χ1n) is 6.83. The Morgan fingerprint density at radius 2 is 2.37 bits per heavy atom. The van der Waals surface area contributed by atoms with Crippen molar-refractivity contribution in [2.24, 2.45) is 0 Å². The predicted octanol–water partition coefficient (Wildman–Crippen LogP) is 3.45. The van der Waals surface area contributed by atoms with Crippen LogP contribution in [-0.2, 0) is 5.67 Å². The Bertz CT molecular complexity index is 481. The molecule has 1 fully saturated rings. The monoisotopic (exact) mass is 281 g/mol. The Morgan fingerprint density at radius 1 is 1.53 bits per heavy atom. The fraction of sp³-hybridized carbons (Fsp3) is 0.600. The van der Waals surface area contributed by atoms with Crippen LogP contribution in [0.1, 0.15) is 24.8 Å². The van der Waals surface area contributed by atoms with Gasteiger partial charge in [-0.15, -0.1) is 11.8 Å². The molecule has 0 bridgehead atoms. The highest BCUT2D eigenvalue weighted by Crippen LogP contribution is 2.49. The predicted molar refractivity (Wildman–Crippen MR) is 76.8 cm³/mol. The molecule has 0 aromatic heterocycles. The Labute approximate surface area is 118 Å². The summed E-state index contributed by atoms with van der Waals surface area (Å²) in [5.74, 6) is 1.29. The van der Waals surface area contributed by atoms with E-state index in [4.69, 9.17) is 4.74 Å². The maximum absolute atomic E-state index is 15.3. The summed E-state index contributed by atoms with van der Waals surface area (Å²) in [6.45, 7) is 1.10. The number of benzene rings is 1. The minimum Gasteiger partial charge on any atom is -0.497 e. The number of ether oxygens (including phenoxy) is 1. The Kier molecular flexibility index (Phi) is 3.48. The first kappa shape index (κ1) is 13.3. The van der Waals surface area contributed by atoms with Gasteiger partial charge in [0.15, 0.2) is 0 Å². The van der Waals surface area contributed by atoms with Gasteiger partial charge in [-0.05, 0) is 44.6 Å². The average molecular weight is 281 g/mol. The lowest BCUT2D eigenvalue weighted by molar-refractivity contribution is 0.133. The molecule has 2 atom stereocenters. The van der Waals surface area contributed by atoms with E-state index in [9.17, 15) is 0 Å². The minimum absolute atomic E-state index is 0.378. The van der Waals surface area contributed by atoms with Crippen LogP contribution in [0, 0.1) is 0 Å². The molecular weight excluding hydrogens is 261 g/mol. The highest BCUT2D eigenvalue weighted by molar-refractivity contribution is 7.99. The largest absolute Gasteiger partial charge is 0.497 e. The van der Waals surface area contributed by atoms with Crippen molar-refractivity contribution in [1.82, 2.24) is 4.90 Å². The molecule has 0 unspecified atom stereocenters. The molecule has 0 N–H and O–H groups in total. The number of nitrogens with zero attached hydrogens (tertiary/aromatic N) is 1. The first-order valence-corrected chi connectivity index (χ1v) is 7.81. The molecule has 0 radical (unpaired) electrons. The third-order valence-corrected chi connectivity index (χ3v) is 5.63. The lowest BCUT2D eigenvalue weighted by Crippen LogP contribution is -2.33. The van der Waals surface area contributed by atoms with E-state index in [1.807, 2.05) is 18.2 Å². The number of likely N-dealkylation sites (tertiary alicyclic amines) is 1. The molecule has 3 rings (SSSR count). The van der Waals surface area contributed by atoms with Gasteiger partial charge in [0.05, 0.1) is 7.11 Å². The van der Waals surface area contributed by atoms with Gasteiger partial charge in [-0.25, -0.2) is 4.39 Å². The van der Waals surface area contributed by atoms with Crippen LogP contribution in [0.25, 0.3) is 0 Å². The second-order valence-corrected chi connectivity index (χ2v) is 6.61. The Hall–Kier alpha value is -0.740. The molecule has 1 aromatic carbocycles. The highest BCUT2D eigenvalue weighted by atomic mass is 32.2. The van der Waals surface area contributed by atoms with Crippen LogP contribution in [0.15, 0.2) is 23.1 Å². The van der Waals surface area contributed by atoms with E-state index < -0.39 is 5.67 Å². The van der Waals surface area contributed by atoms with E-state index in [2.05, 4.69) is 11.9 Å². The minimum atomic E-state index is -1.20. The molecule has 0 spiro atoms. The highest BCUT2D eigenvalue weighted by Gasteiger charge is 2.43. The number of halogens is 1. The SMILES string of the molecule is COc1ccc2c(c1)[C@](F)(C[C@@H]1CCCN1C)CS2. The molecule has 0 aliphatic carbocycles. The molecule has 1 saturated heterocycles. The molecule has 0 amide bonds. The van der Waals surface area contributed by atoms with Gasteiger partial charge in [-0.2, -0.15) is 0 Å². The van der Waals surface area contributed by atoms with Crippen molar-refractivity contribution in [3.05, 3.63) is 23.8 Å². The number of thioether (sulfide) groups is 1. The van der Waals surface area contributed by atoms with Crippen LogP contribution in [0.3, 0.4) is 0 Å². The summed E-state index contributed by atoms with van der Waals surface area (Å²) in [5, 5.41) is 0. The van der Waals surface area contributed by atoms with Gasteiger partial charge in [0.1, 0.15) is 11.4 Å². The molecule has 2 aliphatic rings. The molecule has 0 saturated carbocycles. The number of hydrogen-bond donors (Lipinski definition) is 0. The van der Waals surface area contributed by atoms with E-state index in [-0.39, 0.29) is 0 Å². The topological polar surface area (TPSA) is 12.5 Å². The summed E-state index contributed by atoms with van der Waals surface area (Å²) in [6, 6.07) is 6.16. The van der Waals surface area contributed by atoms with Crippen LogP contribution < -0.4 is 4.74 Å². The molecule has 104 valence electrons. The van der Waals surface area contributed by atoms with Crippen LogP contribution in [0.4, 0.5) is 4.39 Å². The van der Waals surface area contributed by atoms with Crippen LogP contribution in [0.2, 0.25) is 0 Å². The van der Waals surface area contributed by atoms with E-state index in [1.165, 1.54) is 6.42 Å². The zero-order valence-electron chi connectivity index (χ0n) is 11.5. The van der Waals surface area contributed by atoms with E-state index in [0.717, 1.165) is 29.2 Å².